The Hall–Kier alpha value is -0.990. The summed E-state index contributed by atoms with van der Waals surface area (Å²) in [5.41, 5.74) is 6.38. The van der Waals surface area contributed by atoms with E-state index in [1.807, 2.05) is 0 Å². The third-order valence-electron chi connectivity index (χ3n) is 2.11. The second-order valence-electron chi connectivity index (χ2n) is 3.38. The van der Waals surface area contributed by atoms with E-state index < -0.39 is 0 Å². The first-order valence-electron chi connectivity index (χ1n) is 5.04. The van der Waals surface area contributed by atoms with Crippen molar-refractivity contribution in [2.24, 2.45) is 0 Å². The zero-order chi connectivity index (χ0) is 9.52. The van der Waals surface area contributed by atoms with E-state index in [1.54, 1.807) is 6.07 Å². The molecule has 0 unspecified atom stereocenters. The third kappa shape index (κ3) is 3.97. The molecule has 0 aromatic carbocycles. The summed E-state index contributed by atoms with van der Waals surface area (Å²) < 4.78 is 4.77. The van der Waals surface area contributed by atoms with Crippen molar-refractivity contribution in [1.29, 1.82) is 0 Å². The Kier molecular flexibility index (Phi) is 4.36. The minimum Gasteiger partial charge on any atom is -0.368 e. The smallest absolute Gasteiger partial charge is 0.222 e. The first-order valence-corrected chi connectivity index (χ1v) is 5.04. The van der Waals surface area contributed by atoms with Gasteiger partial charge >= 0.3 is 0 Å². The van der Waals surface area contributed by atoms with Gasteiger partial charge < -0.3 is 10.3 Å². The van der Waals surface area contributed by atoms with Crippen molar-refractivity contribution in [1.82, 2.24) is 5.16 Å². The van der Waals surface area contributed by atoms with E-state index in [-0.39, 0.29) is 0 Å². The maximum atomic E-state index is 5.40. The fraction of sp³-hybridized carbons (Fsp3) is 0.700. The molecule has 0 aliphatic rings. The van der Waals surface area contributed by atoms with Gasteiger partial charge in [0.2, 0.25) is 5.88 Å². The van der Waals surface area contributed by atoms with E-state index in [1.165, 1.54) is 32.1 Å². The second-order valence-corrected chi connectivity index (χ2v) is 3.38. The fourth-order valence-corrected chi connectivity index (χ4v) is 1.36. The minimum absolute atomic E-state index is 0.420. The molecule has 0 fully saturated rings. The highest BCUT2D eigenvalue weighted by atomic mass is 16.5. The first-order chi connectivity index (χ1) is 6.33. The largest absolute Gasteiger partial charge is 0.368 e. The molecule has 0 amide bonds. The molecule has 1 aromatic heterocycles. The number of aryl methyl sites for hydroxylation is 1. The summed E-state index contributed by atoms with van der Waals surface area (Å²) in [5, 5.41) is 3.83. The molecule has 0 saturated heterocycles. The summed E-state index contributed by atoms with van der Waals surface area (Å²) in [7, 11) is 0. The van der Waals surface area contributed by atoms with Gasteiger partial charge in [0, 0.05) is 6.07 Å². The number of hydrogen-bond acceptors (Lipinski definition) is 3. The van der Waals surface area contributed by atoms with E-state index in [0.29, 0.717) is 5.88 Å². The molecule has 1 heterocycles. The first kappa shape index (κ1) is 10.1. The molecule has 1 aromatic rings. The topological polar surface area (TPSA) is 52.0 Å². The summed E-state index contributed by atoms with van der Waals surface area (Å²) in [5.74, 6) is 0.420. The lowest BCUT2D eigenvalue weighted by Crippen LogP contribution is -1.85. The number of anilines is 1. The fourth-order valence-electron chi connectivity index (χ4n) is 1.36. The van der Waals surface area contributed by atoms with Crippen molar-refractivity contribution in [2.45, 2.75) is 45.4 Å². The van der Waals surface area contributed by atoms with Crippen LogP contribution in [0.4, 0.5) is 5.88 Å². The standard InChI is InChI=1S/C10H18N2O/c1-2-3-4-5-6-7-9-8-10(11)13-12-9/h8H,2-7,11H2,1H3. The third-order valence-corrected chi connectivity index (χ3v) is 2.11. The van der Waals surface area contributed by atoms with Crippen molar-refractivity contribution in [3.05, 3.63) is 11.8 Å². The zero-order valence-corrected chi connectivity index (χ0v) is 8.25. The van der Waals surface area contributed by atoms with E-state index in [4.69, 9.17) is 10.3 Å². The van der Waals surface area contributed by atoms with Crippen molar-refractivity contribution >= 4 is 5.88 Å². The molecule has 3 nitrogen and oxygen atoms in total. The van der Waals surface area contributed by atoms with Crippen LogP contribution in [-0.2, 0) is 6.42 Å². The summed E-state index contributed by atoms with van der Waals surface area (Å²) in [4.78, 5) is 0. The lowest BCUT2D eigenvalue weighted by atomic mass is 10.1. The Balaban J connectivity index is 2.06. The van der Waals surface area contributed by atoms with Crippen molar-refractivity contribution < 1.29 is 4.52 Å². The summed E-state index contributed by atoms with van der Waals surface area (Å²) in [6.07, 6.45) is 7.40. The van der Waals surface area contributed by atoms with Gasteiger partial charge in [-0.05, 0) is 12.8 Å². The SMILES string of the molecule is CCCCCCCc1cc(N)on1. The van der Waals surface area contributed by atoms with E-state index in [2.05, 4.69) is 12.1 Å². The van der Waals surface area contributed by atoms with Crippen LogP contribution in [0, 0.1) is 0 Å². The molecule has 13 heavy (non-hydrogen) atoms. The summed E-state index contributed by atoms with van der Waals surface area (Å²) in [6, 6.07) is 1.81. The van der Waals surface area contributed by atoms with Crippen LogP contribution in [0.2, 0.25) is 0 Å². The van der Waals surface area contributed by atoms with Crippen LogP contribution >= 0.6 is 0 Å². The molecule has 2 N–H and O–H groups in total. The van der Waals surface area contributed by atoms with Gasteiger partial charge in [-0.3, -0.25) is 0 Å². The summed E-state index contributed by atoms with van der Waals surface area (Å²) in [6.45, 7) is 2.22. The molecule has 0 radical (unpaired) electrons. The number of aromatic nitrogens is 1. The highest BCUT2D eigenvalue weighted by Crippen LogP contribution is 2.10. The van der Waals surface area contributed by atoms with Crippen LogP contribution in [0.25, 0.3) is 0 Å². The Bertz CT molecular complexity index is 233. The second kappa shape index (κ2) is 5.62. The normalized spacial score (nSPS) is 10.5. The molecule has 3 heteroatoms. The van der Waals surface area contributed by atoms with E-state index in [0.717, 1.165) is 12.1 Å². The summed E-state index contributed by atoms with van der Waals surface area (Å²) >= 11 is 0. The predicted octanol–water partition coefficient (Wildman–Crippen LogP) is 2.77. The molecule has 0 saturated carbocycles. The Morgan fingerprint density at radius 1 is 1.31 bits per heavy atom. The van der Waals surface area contributed by atoms with Gasteiger partial charge in [-0.25, -0.2) is 0 Å². The van der Waals surface area contributed by atoms with Gasteiger partial charge in [0.15, 0.2) is 0 Å². The molecule has 74 valence electrons. The van der Waals surface area contributed by atoms with Crippen LogP contribution in [0.1, 0.15) is 44.7 Å². The number of nitrogens with zero attached hydrogens (tertiary/aromatic N) is 1. The maximum absolute atomic E-state index is 5.40. The Morgan fingerprint density at radius 2 is 2.08 bits per heavy atom. The van der Waals surface area contributed by atoms with Crippen LogP contribution in [-0.4, -0.2) is 5.16 Å². The molecular weight excluding hydrogens is 164 g/mol. The molecule has 0 atom stereocenters. The van der Waals surface area contributed by atoms with Crippen LogP contribution in [0.15, 0.2) is 10.6 Å². The number of nitrogens with two attached hydrogens (primary N) is 1. The predicted molar refractivity (Wildman–Crippen MR) is 53.4 cm³/mol. The van der Waals surface area contributed by atoms with Gasteiger partial charge in [-0.1, -0.05) is 37.8 Å². The molecular formula is C10H18N2O. The molecule has 0 aliphatic heterocycles. The average Bonchev–Trinajstić information content (AvgIpc) is 2.51. The van der Waals surface area contributed by atoms with E-state index in [9.17, 15) is 0 Å². The Morgan fingerprint density at radius 3 is 2.69 bits per heavy atom. The van der Waals surface area contributed by atoms with Gasteiger partial charge in [-0.15, -0.1) is 0 Å². The monoisotopic (exact) mass is 182 g/mol. The zero-order valence-electron chi connectivity index (χ0n) is 8.25. The highest BCUT2D eigenvalue weighted by Gasteiger charge is 1.99. The van der Waals surface area contributed by atoms with Crippen LogP contribution in [0.3, 0.4) is 0 Å². The molecule has 0 spiro atoms. The number of unbranched alkanes of at least 4 members (excludes halogenated alkanes) is 4. The molecule has 0 aliphatic carbocycles. The van der Waals surface area contributed by atoms with Gasteiger partial charge in [0.1, 0.15) is 0 Å². The van der Waals surface area contributed by atoms with Crippen molar-refractivity contribution in [2.75, 3.05) is 5.73 Å². The lowest BCUT2D eigenvalue weighted by molar-refractivity contribution is 0.425. The van der Waals surface area contributed by atoms with Crippen molar-refractivity contribution in [3.8, 4) is 0 Å². The Labute approximate surface area is 79.3 Å². The quantitative estimate of drug-likeness (QED) is 0.688. The van der Waals surface area contributed by atoms with Gasteiger partial charge in [0.05, 0.1) is 5.69 Å². The minimum atomic E-state index is 0.420. The highest BCUT2D eigenvalue weighted by molar-refractivity contribution is 5.24. The number of nitrogen functional groups attached to an aromatic ring is 1. The van der Waals surface area contributed by atoms with Crippen LogP contribution < -0.4 is 5.73 Å². The average molecular weight is 182 g/mol. The van der Waals surface area contributed by atoms with Gasteiger partial charge in [0.25, 0.3) is 0 Å². The van der Waals surface area contributed by atoms with Crippen LogP contribution in [0.5, 0.6) is 0 Å². The lowest BCUT2D eigenvalue weighted by Gasteiger charge is -1.96. The van der Waals surface area contributed by atoms with E-state index >= 15 is 0 Å². The molecule has 1 rings (SSSR count). The number of rotatable bonds is 6. The number of hydrogen-bond donors (Lipinski definition) is 1. The van der Waals surface area contributed by atoms with Crippen molar-refractivity contribution in [3.63, 3.8) is 0 Å². The molecule has 0 bridgehead atoms. The maximum Gasteiger partial charge on any atom is 0.222 e. The van der Waals surface area contributed by atoms with Gasteiger partial charge in [-0.2, -0.15) is 0 Å².